The topological polar surface area (TPSA) is 85.2 Å². The molecule has 0 saturated carbocycles. The van der Waals surface area contributed by atoms with Crippen LogP contribution >= 0.6 is 0 Å². The molecular weight excluding hydrogens is 435 g/mol. The second-order valence-corrected chi connectivity index (χ2v) is 8.44. The number of ether oxygens (including phenoxy) is 1. The number of fused-ring (bicyclic) bond motifs is 4. The van der Waals surface area contributed by atoms with Crippen LogP contribution in [0.4, 0.5) is 18.9 Å². The predicted octanol–water partition coefficient (Wildman–Crippen LogP) is 3.41. The number of hydrogen-bond donors (Lipinski definition) is 1. The van der Waals surface area contributed by atoms with E-state index in [9.17, 15) is 18.0 Å². The first-order valence-electron chi connectivity index (χ1n) is 10.5. The van der Waals surface area contributed by atoms with Crippen LogP contribution in [0.1, 0.15) is 16.2 Å². The normalized spacial score (nSPS) is 22.9. The summed E-state index contributed by atoms with van der Waals surface area (Å²) in [5.41, 5.74) is 7.81. The molecule has 3 atom stereocenters. The Morgan fingerprint density at radius 1 is 1.24 bits per heavy atom. The summed E-state index contributed by atoms with van der Waals surface area (Å²) in [6, 6.07) is 6.04. The molecule has 172 valence electrons. The molecule has 10 heteroatoms. The monoisotopic (exact) mass is 457 g/mol. The van der Waals surface area contributed by atoms with Crippen molar-refractivity contribution in [2.24, 2.45) is 10.9 Å². The molecule has 5 rings (SSSR count). The smallest absolute Gasteiger partial charge is 0.397 e. The van der Waals surface area contributed by atoms with Gasteiger partial charge in [0, 0.05) is 23.9 Å². The number of nitrogens with zero attached hydrogens (tertiary/aromatic N) is 4. The number of anilines is 1. The van der Waals surface area contributed by atoms with Gasteiger partial charge in [0.25, 0.3) is 5.91 Å². The van der Waals surface area contributed by atoms with Crippen molar-refractivity contribution in [2.45, 2.75) is 25.2 Å². The molecule has 2 aliphatic heterocycles. The number of aliphatic imine (C=N–C) groups is 1. The minimum Gasteiger partial charge on any atom is -0.397 e. The number of rotatable bonds is 2. The van der Waals surface area contributed by atoms with E-state index in [0.29, 0.717) is 11.3 Å². The Bertz CT molecular complexity index is 1330. The molecule has 2 aromatic heterocycles. The lowest BCUT2D eigenvalue weighted by molar-refractivity contribution is -0.0599. The first kappa shape index (κ1) is 21.4. The Labute approximate surface area is 187 Å². The van der Waals surface area contributed by atoms with Gasteiger partial charge in [0.2, 0.25) is 0 Å². The number of amides is 1. The highest BCUT2D eigenvalue weighted by Gasteiger charge is 2.42. The number of nitrogen functional groups attached to an aromatic ring is 1. The number of aryl methyl sites for hydroxylation is 1. The highest BCUT2D eigenvalue weighted by molar-refractivity contribution is 6.01. The van der Waals surface area contributed by atoms with E-state index in [1.165, 1.54) is 11.0 Å². The lowest BCUT2D eigenvalue weighted by Crippen LogP contribution is -2.53. The standard InChI is InChI=1S/C23H22F3N5O2/c1-12-28-9-19-16(27)7-13-3-4-14(8-18(13)31(12)19)22(32)30(2)20-11-33-10-17-15(20)5-6-21(29-17)23(24,25)26/h3-9,15,17,20H,10-11,27H2,1-2H3/t15-,17?,20?/m0/s1. The zero-order chi connectivity index (χ0) is 23.5. The van der Waals surface area contributed by atoms with Gasteiger partial charge in [-0.2, -0.15) is 13.2 Å². The zero-order valence-corrected chi connectivity index (χ0v) is 18.0. The highest BCUT2D eigenvalue weighted by atomic mass is 19.4. The fraction of sp³-hybridized carbons (Fsp3) is 0.348. The third kappa shape index (κ3) is 3.54. The van der Waals surface area contributed by atoms with Crippen LogP contribution < -0.4 is 5.73 Å². The van der Waals surface area contributed by atoms with E-state index in [1.807, 2.05) is 23.5 Å². The number of nitrogens with two attached hydrogens (primary N) is 1. The first-order valence-corrected chi connectivity index (χ1v) is 10.5. The highest BCUT2D eigenvalue weighted by Crippen LogP contribution is 2.32. The Kier molecular flexibility index (Phi) is 4.93. The van der Waals surface area contributed by atoms with Gasteiger partial charge in [-0.1, -0.05) is 12.1 Å². The first-order chi connectivity index (χ1) is 15.6. The molecule has 7 nitrogen and oxygen atoms in total. The molecule has 4 heterocycles. The molecule has 2 aliphatic rings. The Morgan fingerprint density at radius 3 is 2.79 bits per heavy atom. The summed E-state index contributed by atoms with van der Waals surface area (Å²) in [5, 5.41) is 0.866. The summed E-state index contributed by atoms with van der Waals surface area (Å²) in [7, 11) is 1.64. The van der Waals surface area contributed by atoms with Gasteiger partial charge in [-0.25, -0.2) is 4.98 Å². The largest absolute Gasteiger partial charge is 0.432 e. The summed E-state index contributed by atoms with van der Waals surface area (Å²) >= 11 is 0. The van der Waals surface area contributed by atoms with E-state index >= 15 is 0 Å². The Morgan fingerprint density at radius 2 is 2.03 bits per heavy atom. The maximum atomic E-state index is 13.4. The average Bonchev–Trinajstić information content (AvgIpc) is 3.19. The Hall–Kier alpha value is -3.40. The number of pyridine rings is 1. The van der Waals surface area contributed by atoms with Gasteiger partial charge in [0.1, 0.15) is 11.5 Å². The van der Waals surface area contributed by atoms with Crippen LogP contribution in [0.3, 0.4) is 0 Å². The van der Waals surface area contributed by atoms with Gasteiger partial charge in [0.05, 0.1) is 48.2 Å². The number of likely N-dealkylation sites (N-methyl/N-ethyl adjacent to an activating group) is 1. The second-order valence-electron chi connectivity index (χ2n) is 8.44. The fourth-order valence-corrected chi connectivity index (χ4v) is 4.67. The summed E-state index contributed by atoms with van der Waals surface area (Å²) in [5.74, 6) is 0.129. The number of alkyl halides is 3. The lowest BCUT2D eigenvalue weighted by atomic mass is 9.86. The van der Waals surface area contributed by atoms with Crippen molar-refractivity contribution < 1.29 is 22.7 Å². The molecule has 0 bridgehead atoms. The third-order valence-electron chi connectivity index (χ3n) is 6.42. The number of dihydropyridines is 1. The molecule has 0 spiro atoms. The van der Waals surface area contributed by atoms with E-state index in [2.05, 4.69) is 9.98 Å². The maximum absolute atomic E-state index is 13.4. The average molecular weight is 457 g/mol. The predicted molar refractivity (Wildman–Crippen MR) is 118 cm³/mol. The number of imidazole rings is 1. The van der Waals surface area contributed by atoms with Gasteiger partial charge in [-0.3, -0.25) is 14.2 Å². The Balaban J connectivity index is 1.47. The molecular formula is C23H22F3N5O2. The van der Waals surface area contributed by atoms with Crippen molar-refractivity contribution in [2.75, 3.05) is 26.0 Å². The zero-order valence-electron chi connectivity index (χ0n) is 18.0. The van der Waals surface area contributed by atoms with Crippen LogP contribution in [0.15, 0.2) is 47.6 Å². The molecule has 1 saturated heterocycles. The minimum atomic E-state index is -4.51. The number of allylic oxidation sites excluding steroid dienone is 1. The van der Waals surface area contributed by atoms with Crippen LogP contribution in [-0.4, -0.2) is 64.4 Å². The van der Waals surface area contributed by atoms with E-state index in [1.54, 1.807) is 25.4 Å². The number of carbonyl (C=O) groups is 1. The number of aromatic nitrogens is 2. The quantitative estimate of drug-likeness (QED) is 0.639. The molecule has 2 N–H and O–H groups in total. The molecule has 1 amide bonds. The van der Waals surface area contributed by atoms with E-state index in [4.69, 9.17) is 10.5 Å². The van der Waals surface area contributed by atoms with Crippen molar-refractivity contribution in [1.29, 1.82) is 0 Å². The van der Waals surface area contributed by atoms with Crippen LogP contribution in [0.25, 0.3) is 16.4 Å². The van der Waals surface area contributed by atoms with Crippen molar-refractivity contribution in [3.63, 3.8) is 0 Å². The van der Waals surface area contributed by atoms with Crippen LogP contribution in [0.5, 0.6) is 0 Å². The van der Waals surface area contributed by atoms with Gasteiger partial charge in [0.15, 0.2) is 0 Å². The third-order valence-corrected chi connectivity index (χ3v) is 6.42. The van der Waals surface area contributed by atoms with Crippen molar-refractivity contribution >= 4 is 33.7 Å². The summed E-state index contributed by atoms with van der Waals surface area (Å²) < 4.78 is 46.7. The lowest BCUT2D eigenvalue weighted by Gasteiger charge is -2.41. The molecule has 0 radical (unpaired) electrons. The summed E-state index contributed by atoms with van der Waals surface area (Å²) in [6.45, 7) is 2.17. The molecule has 1 fully saturated rings. The molecule has 3 aromatic rings. The number of halogens is 3. The minimum absolute atomic E-state index is 0.0857. The van der Waals surface area contributed by atoms with Crippen LogP contribution in [0.2, 0.25) is 0 Å². The molecule has 0 aliphatic carbocycles. The summed E-state index contributed by atoms with van der Waals surface area (Å²) in [4.78, 5) is 23.1. The molecule has 2 unspecified atom stereocenters. The van der Waals surface area contributed by atoms with Gasteiger partial charge in [-0.05, 0) is 31.2 Å². The number of hydrogen-bond acceptors (Lipinski definition) is 5. The maximum Gasteiger partial charge on any atom is 0.432 e. The van der Waals surface area contributed by atoms with Crippen molar-refractivity contribution in [3.8, 4) is 0 Å². The SMILES string of the molecule is Cc1ncc2c(N)cc3ccc(C(=O)N(C)C4COCC5N=C(C(F)(F)F)C=C[C@@H]54)cc3n12. The fourth-order valence-electron chi connectivity index (χ4n) is 4.67. The van der Waals surface area contributed by atoms with Crippen molar-refractivity contribution in [3.05, 3.63) is 54.0 Å². The van der Waals surface area contributed by atoms with Crippen molar-refractivity contribution in [1.82, 2.24) is 14.3 Å². The summed E-state index contributed by atoms with van der Waals surface area (Å²) in [6.07, 6.45) is -0.327. The second kappa shape index (κ2) is 7.58. The van der Waals surface area contributed by atoms with Gasteiger partial charge < -0.3 is 15.4 Å². The number of carbonyl (C=O) groups excluding carboxylic acids is 1. The van der Waals surface area contributed by atoms with E-state index in [0.717, 1.165) is 28.3 Å². The van der Waals surface area contributed by atoms with E-state index in [-0.39, 0.29) is 25.0 Å². The molecule has 33 heavy (non-hydrogen) atoms. The van der Waals surface area contributed by atoms with Crippen LogP contribution in [-0.2, 0) is 4.74 Å². The molecule has 1 aromatic carbocycles. The number of benzene rings is 1. The van der Waals surface area contributed by atoms with Gasteiger partial charge in [-0.15, -0.1) is 0 Å². The van der Waals surface area contributed by atoms with Crippen LogP contribution in [0, 0.1) is 12.8 Å². The van der Waals surface area contributed by atoms with E-state index < -0.39 is 24.0 Å². The van der Waals surface area contributed by atoms with Gasteiger partial charge >= 0.3 is 6.18 Å².